The van der Waals surface area contributed by atoms with Gasteiger partial charge in [0.2, 0.25) is 0 Å². The highest BCUT2D eigenvalue weighted by molar-refractivity contribution is 7.93. The van der Waals surface area contributed by atoms with Crippen LogP contribution in [0.2, 0.25) is 0 Å². The van der Waals surface area contributed by atoms with Crippen LogP contribution in [0.25, 0.3) is 0 Å². The molecule has 0 amide bonds. The molecule has 142 valence electrons. The number of hydrogen-bond acceptors (Lipinski definition) is 3. The molecule has 0 N–H and O–H groups in total. The van der Waals surface area contributed by atoms with E-state index in [-0.39, 0.29) is 0 Å². The van der Waals surface area contributed by atoms with Crippen molar-refractivity contribution in [1.29, 1.82) is 5.26 Å². The molecule has 1 aliphatic rings. The summed E-state index contributed by atoms with van der Waals surface area (Å²) in [7, 11) is -3.68. The quantitative estimate of drug-likeness (QED) is 0.769. The van der Waals surface area contributed by atoms with E-state index in [9.17, 15) is 13.7 Å². The average Bonchev–Trinajstić information content (AvgIpc) is 2.87. The fraction of sp³-hybridized carbons (Fsp3) is 0.409. The van der Waals surface area contributed by atoms with Crippen molar-refractivity contribution >= 4 is 15.7 Å². The van der Waals surface area contributed by atoms with Gasteiger partial charge in [0, 0.05) is 12.0 Å². The minimum atomic E-state index is -3.68. The van der Waals surface area contributed by atoms with Crippen molar-refractivity contribution in [2.75, 3.05) is 10.8 Å². The van der Waals surface area contributed by atoms with E-state index in [1.54, 1.807) is 12.1 Å². The van der Waals surface area contributed by atoms with E-state index in [1.807, 2.05) is 52.0 Å². The van der Waals surface area contributed by atoms with Gasteiger partial charge < -0.3 is 0 Å². The van der Waals surface area contributed by atoms with Gasteiger partial charge in [-0.05, 0) is 57.4 Å². The van der Waals surface area contributed by atoms with Gasteiger partial charge in [0.25, 0.3) is 10.0 Å². The van der Waals surface area contributed by atoms with Crippen LogP contribution in [0.15, 0.2) is 47.4 Å². The summed E-state index contributed by atoms with van der Waals surface area (Å²) < 4.78 is 28.5. The Bertz CT molecular complexity index is 1030. The normalized spacial score (nSPS) is 19.6. The van der Waals surface area contributed by atoms with Crippen LogP contribution in [0, 0.1) is 30.6 Å². The largest absolute Gasteiger partial charge is 0.265 e. The van der Waals surface area contributed by atoms with Crippen molar-refractivity contribution in [1.82, 2.24) is 0 Å². The number of hydrogen-bond donors (Lipinski definition) is 0. The minimum Gasteiger partial charge on any atom is -0.265 e. The number of sulfonamides is 1. The molecular formula is C22H26N2O2S. The zero-order valence-electron chi connectivity index (χ0n) is 16.6. The molecule has 0 aromatic heterocycles. The van der Waals surface area contributed by atoms with Crippen LogP contribution in [-0.4, -0.2) is 15.0 Å². The molecule has 5 heteroatoms. The molecule has 0 fully saturated rings. The second-order valence-corrected chi connectivity index (χ2v) is 10.4. The van der Waals surface area contributed by atoms with Crippen molar-refractivity contribution in [3.63, 3.8) is 0 Å². The Morgan fingerprint density at radius 2 is 1.85 bits per heavy atom. The predicted octanol–water partition coefficient (Wildman–Crippen LogP) is 4.71. The third-order valence-corrected chi connectivity index (χ3v) is 7.28. The molecule has 27 heavy (non-hydrogen) atoms. The fourth-order valence-electron chi connectivity index (χ4n) is 4.18. The van der Waals surface area contributed by atoms with Crippen molar-refractivity contribution in [2.45, 2.75) is 51.3 Å². The Morgan fingerprint density at radius 1 is 1.19 bits per heavy atom. The molecule has 3 rings (SSSR count). The summed E-state index contributed by atoms with van der Waals surface area (Å²) in [6.07, 6.45) is 0.590. The van der Waals surface area contributed by atoms with E-state index in [4.69, 9.17) is 0 Å². The lowest BCUT2D eigenvalue weighted by Gasteiger charge is -2.31. The van der Waals surface area contributed by atoms with Crippen LogP contribution < -0.4 is 4.31 Å². The van der Waals surface area contributed by atoms with E-state index in [0.29, 0.717) is 17.9 Å². The average molecular weight is 383 g/mol. The standard InChI is InChI=1S/C22H26N2O2S/c1-16-10-11-19-18(12-16)22(5,13-21(3,4)14-23)15-24(19)27(25,26)20-9-7-6-8-17(20)2/h6-12H,13,15H2,1-5H3. The maximum atomic E-state index is 13.5. The number of fused-ring (bicyclic) bond motifs is 1. The Labute approximate surface area is 162 Å². The molecule has 1 heterocycles. The second-order valence-electron chi connectivity index (χ2n) is 8.53. The monoisotopic (exact) mass is 382 g/mol. The second kappa shape index (κ2) is 6.38. The van der Waals surface area contributed by atoms with Crippen LogP contribution in [0.4, 0.5) is 5.69 Å². The zero-order chi connectivity index (χ0) is 20.0. The van der Waals surface area contributed by atoms with Crippen LogP contribution in [0.1, 0.15) is 43.9 Å². The number of aryl methyl sites for hydroxylation is 2. The Balaban J connectivity index is 2.16. The van der Waals surface area contributed by atoms with Gasteiger partial charge in [0.15, 0.2) is 0 Å². The van der Waals surface area contributed by atoms with Gasteiger partial charge in [0.1, 0.15) is 0 Å². The van der Waals surface area contributed by atoms with E-state index >= 15 is 0 Å². The maximum Gasteiger partial charge on any atom is 0.264 e. The number of anilines is 1. The topological polar surface area (TPSA) is 61.2 Å². The zero-order valence-corrected chi connectivity index (χ0v) is 17.4. The van der Waals surface area contributed by atoms with E-state index in [2.05, 4.69) is 19.1 Å². The predicted molar refractivity (Wildman–Crippen MR) is 108 cm³/mol. The number of nitriles is 1. The first kappa shape index (κ1) is 19.4. The summed E-state index contributed by atoms with van der Waals surface area (Å²) in [5.74, 6) is 0. The first-order valence-electron chi connectivity index (χ1n) is 9.11. The maximum absolute atomic E-state index is 13.5. The van der Waals surface area contributed by atoms with Gasteiger partial charge in [-0.3, -0.25) is 4.31 Å². The molecule has 0 aliphatic carbocycles. The van der Waals surface area contributed by atoms with Crippen LogP contribution in [0.3, 0.4) is 0 Å². The Hall–Kier alpha value is -2.32. The summed E-state index contributed by atoms with van der Waals surface area (Å²) in [6, 6.07) is 15.3. The molecule has 0 spiro atoms. The number of nitrogens with zero attached hydrogens (tertiary/aromatic N) is 2. The highest BCUT2D eigenvalue weighted by atomic mass is 32.2. The SMILES string of the molecule is Cc1ccc2c(c1)C(C)(CC(C)(C)C#N)CN2S(=O)(=O)c1ccccc1C. The van der Waals surface area contributed by atoms with Crippen molar-refractivity contribution < 1.29 is 8.42 Å². The molecule has 1 aliphatic heterocycles. The van der Waals surface area contributed by atoms with E-state index in [1.165, 1.54) is 4.31 Å². The summed E-state index contributed by atoms with van der Waals surface area (Å²) in [5, 5.41) is 9.53. The third-order valence-electron chi connectivity index (χ3n) is 5.36. The van der Waals surface area contributed by atoms with E-state index < -0.39 is 20.9 Å². The molecule has 0 saturated heterocycles. The third kappa shape index (κ3) is 3.35. The number of benzene rings is 2. The van der Waals surface area contributed by atoms with Crippen LogP contribution in [0.5, 0.6) is 0 Å². The lowest BCUT2D eigenvalue weighted by molar-refractivity contribution is 0.326. The molecule has 0 saturated carbocycles. The molecular weight excluding hydrogens is 356 g/mol. The molecule has 0 bridgehead atoms. The van der Waals surface area contributed by atoms with Crippen molar-refractivity contribution in [3.05, 3.63) is 59.2 Å². The molecule has 1 unspecified atom stereocenters. The summed E-state index contributed by atoms with van der Waals surface area (Å²) in [5.41, 5.74) is 2.58. The van der Waals surface area contributed by atoms with Crippen LogP contribution >= 0.6 is 0 Å². The fourth-order valence-corrected chi connectivity index (χ4v) is 6.02. The number of rotatable bonds is 4. The van der Waals surface area contributed by atoms with Gasteiger partial charge in [-0.2, -0.15) is 5.26 Å². The minimum absolute atomic E-state index is 0.334. The molecule has 4 nitrogen and oxygen atoms in total. The van der Waals surface area contributed by atoms with Gasteiger partial charge in [-0.1, -0.05) is 42.8 Å². The summed E-state index contributed by atoms with van der Waals surface area (Å²) in [4.78, 5) is 0.334. The summed E-state index contributed by atoms with van der Waals surface area (Å²) >= 11 is 0. The smallest absolute Gasteiger partial charge is 0.264 e. The Kier molecular flexibility index (Phi) is 4.60. The van der Waals surface area contributed by atoms with Crippen molar-refractivity contribution in [2.24, 2.45) is 5.41 Å². The van der Waals surface area contributed by atoms with Gasteiger partial charge in [-0.25, -0.2) is 8.42 Å². The lowest BCUT2D eigenvalue weighted by Crippen LogP contribution is -2.38. The van der Waals surface area contributed by atoms with Crippen LogP contribution in [-0.2, 0) is 15.4 Å². The highest BCUT2D eigenvalue weighted by Gasteiger charge is 2.46. The lowest BCUT2D eigenvalue weighted by atomic mass is 9.71. The molecule has 0 radical (unpaired) electrons. The van der Waals surface area contributed by atoms with Gasteiger partial charge >= 0.3 is 0 Å². The Morgan fingerprint density at radius 3 is 2.48 bits per heavy atom. The molecule has 2 aromatic rings. The highest BCUT2D eigenvalue weighted by Crippen LogP contribution is 2.48. The molecule has 2 aromatic carbocycles. The first-order chi connectivity index (χ1) is 12.5. The van der Waals surface area contributed by atoms with Crippen molar-refractivity contribution in [3.8, 4) is 6.07 Å². The van der Waals surface area contributed by atoms with Gasteiger partial charge in [-0.15, -0.1) is 0 Å². The molecule has 1 atom stereocenters. The first-order valence-corrected chi connectivity index (χ1v) is 10.5. The van der Waals surface area contributed by atoms with Gasteiger partial charge in [0.05, 0.1) is 22.1 Å². The summed E-state index contributed by atoms with van der Waals surface area (Å²) in [6.45, 7) is 10.1. The van der Waals surface area contributed by atoms with E-state index in [0.717, 1.165) is 22.4 Å².